The van der Waals surface area contributed by atoms with E-state index >= 15 is 0 Å². The second-order valence-corrected chi connectivity index (χ2v) is 7.93. The van der Waals surface area contributed by atoms with Crippen LogP contribution >= 0.6 is 10.5 Å². The number of rotatable bonds is 3. The number of nitrogens with zero attached hydrogens (tertiary/aromatic N) is 2. The molecule has 0 spiro atoms. The number of pyridine rings is 1. The van der Waals surface area contributed by atoms with Crippen LogP contribution in [0.1, 0.15) is 33.5 Å². The van der Waals surface area contributed by atoms with Crippen molar-refractivity contribution in [1.82, 2.24) is 15.0 Å². The van der Waals surface area contributed by atoms with Crippen LogP contribution < -0.4 is 0 Å². The quantitative estimate of drug-likeness (QED) is 0.705. The molecule has 0 fully saturated rings. The number of fused-ring (bicyclic) bond motifs is 1. The second-order valence-electron chi connectivity index (χ2n) is 6.27. The van der Waals surface area contributed by atoms with Crippen LogP contribution in [0.3, 0.4) is 0 Å². The highest BCUT2D eigenvalue weighted by atomic mass is 32.2. The van der Waals surface area contributed by atoms with Crippen molar-refractivity contribution < 1.29 is 0 Å². The van der Waals surface area contributed by atoms with Crippen LogP contribution in [0.15, 0.2) is 23.5 Å². The fourth-order valence-electron chi connectivity index (χ4n) is 2.64. The third-order valence-corrected chi connectivity index (χ3v) is 6.02. The van der Waals surface area contributed by atoms with Crippen LogP contribution in [0.25, 0.3) is 11.0 Å². The molecule has 0 saturated heterocycles. The molecule has 0 aliphatic carbocycles. The molecule has 3 nitrogen and oxygen atoms in total. The monoisotopic (exact) mass is 325 g/mol. The standard InChI is InChI=1S/C19H23N3S/c1-11-7-16-17(8-12(11)2)22-19(21-16)23(6)10-18-15(5)14(4)13(3)9-20-18/h7-9H,6,10H2,1-5H3,(H,21,22). The van der Waals surface area contributed by atoms with Crippen molar-refractivity contribution in [3.63, 3.8) is 0 Å². The molecule has 1 unspecified atom stereocenters. The minimum atomic E-state index is -0.235. The van der Waals surface area contributed by atoms with E-state index in [1.54, 1.807) is 0 Å². The van der Waals surface area contributed by atoms with Gasteiger partial charge in [0.05, 0.1) is 16.7 Å². The number of imidazole rings is 1. The average Bonchev–Trinajstić information content (AvgIpc) is 2.91. The maximum absolute atomic E-state index is 4.75. The molecule has 0 saturated carbocycles. The lowest BCUT2D eigenvalue weighted by Gasteiger charge is -2.11. The zero-order valence-electron chi connectivity index (χ0n) is 14.4. The van der Waals surface area contributed by atoms with Crippen molar-refractivity contribution >= 4 is 27.4 Å². The van der Waals surface area contributed by atoms with Crippen LogP contribution in [0.2, 0.25) is 0 Å². The van der Waals surface area contributed by atoms with Gasteiger partial charge in [0, 0.05) is 11.9 Å². The number of aryl methyl sites for hydroxylation is 3. The number of nitrogens with one attached hydrogen (secondary N) is 1. The zero-order chi connectivity index (χ0) is 16.7. The van der Waals surface area contributed by atoms with Gasteiger partial charge in [-0.3, -0.25) is 4.98 Å². The van der Waals surface area contributed by atoms with Crippen molar-refractivity contribution in [3.8, 4) is 0 Å². The lowest BCUT2D eigenvalue weighted by molar-refractivity contribution is 1.05. The van der Waals surface area contributed by atoms with E-state index in [1.807, 2.05) is 6.20 Å². The highest BCUT2D eigenvalue weighted by Gasteiger charge is 2.11. The Morgan fingerprint density at radius 2 is 1.70 bits per heavy atom. The fourth-order valence-corrected chi connectivity index (χ4v) is 3.88. The molecule has 23 heavy (non-hydrogen) atoms. The molecule has 120 valence electrons. The third kappa shape index (κ3) is 2.95. The predicted octanol–water partition coefficient (Wildman–Crippen LogP) is 4.76. The maximum atomic E-state index is 4.75. The molecule has 2 heterocycles. The molecule has 0 amide bonds. The zero-order valence-corrected chi connectivity index (χ0v) is 15.3. The first-order valence-electron chi connectivity index (χ1n) is 7.76. The van der Waals surface area contributed by atoms with Crippen molar-refractivity contribution in [2.45, 2.75) is 45.5 Å². The van der Waals surface area contributed by atoms with E-state index in [9.17, 15) is 0 Å². The van der Waals surface area contributed by atoms with Gasteiger partial charge in [-0.15, -0.1) is 10.5 Å². The van der Waals surface area contributed by atoms with E-state index in [0.29, 0.717) is 0 Å². The molecule has 2 aromatic heterocycles. The number of aromatic nitrogens is 3. The number of hydrogen-bond donors (Lipinski definition) is 1. The molecule has 0 aliphatic heterocycles. The predicted molar refractivity (Wildman–Crippen MR) is 101 cm³/mol. The Labute approximate surface area is 140 Å². The fraction of sp³-hybridized carbons (Fsp3) is 0.316. The smallest absolute Gasteiger partial charge is 0.160 e. The third-order valence-electron chi connectivity index (χ3n) is 4.66. The summed E-state index contributed by atoms with van der Waals surface area (Å²) < 4.78 is 0. The van der Waals surface area contributed by atoms with Crippen LogP contribution in [0.5, 0.6) is 0 Å². The van der Waals surface area contributed by atoms with E-state index < -0.39 is 0 Å². The van der Waals surface area contributed by atoms with Crippen molar-refractivity contribution in [2.24, 2.45) is 0 Å². The van der Waals surface area contributed by atoms with Gasteiger partial charge in [-0.1, -0.05) is 5.87 Å². The molecule has 4 heteroatoms. The summed E-state index contributed by atoms with van der Waals surface area (Å²) in [4.78, 5) is 12.8. The molecule has 0 aliphatic rings. The van der Waals surface area contributed by atoms with Gasteiger partial charge in [-0.05, 0) is 74.6 Å². The van der Waals surface area contributed by atoms with Crippen LogP contribution in [0, 0.1) is 34.6 Å². The number of hydrogen-bond acceptors (Lipinski definition) is 2. The first-order valence-corrected chi connectivity index (χ1v) is 9.32. The SMILES string of the molecule is C=S(Cc1ncc(C)c(C)c1C)c1nc2cc(C)c(C)cc2[nH]1. The van der Waals surface area contributed by atoms with Crippen LogP contribution in [-0.4, -0.2) is 20.8 Å². The van der Waals surface area contributed by atoms with E-state index in [2.05, 4.69) is 62.6 Å². The van der Waals surface area contributed by atoms with Gasteiger partial charge in [0.2, 0.25) is 0 Å². The van der Waals surface area contributed by atoms with Gasteiger partial charge in [0.1, 0.15) is 0 Å². The molecule has 0 radical (unpaired) electrons. The lowest BCUT2D eigenvalue weighted by atomic mass is 10.1. The number of aromatic amines is 1. The topological polar surface area (TPSA) is 41.6 Å². The van der Waals surface area contributed by atoms with E-state index in [-0.39, 0.29) is 10.5 Å². The first kappa shape index (κ1) is 15.9. The van der Waals surface area contributed by atoms with Gasteiger partial charge in [0.25, 0.3) is 0 Å². The second kappa shape index (κ2) is 5.93. The molecular formula is C19H23N3S. The number of H-pyrrole nitrogens is 1. The molecule has 0 bridgehead atoms. The molecular weight excluding hydrogens is 302 g/mol. The average molecular weight is 325 g/mol. The molecule has 1 atom stereocenters. The van der Waals surface area contributed by atoms with Gasteiger partial charge >= 0.3 is 0 Å². The Morgan fingerprint density at radius 1 is 1.00 bits per heavy atom. The molecule has 1 N–H and O–H groups in total. The van der Waals surface area contributed by atoms with E-state index in [1.165, 1.54) is 27.8 Å². The van der Waals surface area contributed by atoms with Crippen molar-refractivity contribution in [2.75, 3.05) is 0 Å². The Morgan fingerprint density at radius 3 is 2.43 bits per heavy atom. The number of benzene rings is 1. The summed E-state index contributed by atoms with van der Waals surface area (Å²) in [6.07, 6.45) is 1.96. The van der Waals surface area contributed by atoms with Crippen molar-refractivity contribution in [1.29, 1.82) is 0 Å². The first-order chi connectivity index (χ1) is 10.9. The molecule has 3 rings (SSSR count). The van der Waals surface area contributed by atoms with Gasteiger partial charge in [-0.25, -0.2) is 4.98 Å². The van der Waals surface area contributed by atoms with Gasteiger partial charge in [-0.2, -0.15) is 0 Å². The Hall–Kier alpha value is -1.94. The molecule has 3 aromatic rings. The Bertz CT molecular complexity index is 883. The van der Waals surface area contributed by atoms with Crippen LogP contribution in [0.4, 0.5) is 0 Å². The summed E-state index contributed by atoms with van der Waals surface area (Å²) in [5.41, 5.74) is 9.62. The van der Waals surface area contributed by atoms with Crippen molar-refractivity contribution in [3.05, 3.63) is 51.8 Å². The lowest BCUT2D eigenvalue weighted by Crippen LogP contribution is -1.98. The van der Waals surface area contributed by atoms with E-state index in [0.717, 1.165) is 27.6 Å². The molecule has 1 aromatic carbocycles. The highest BCUT2D eigenvalue weighted by Crippen LogP contribution is 2.30. The Kier molecular flexibility index (Phi) is 4.11. The summed E-state index contributed by atoms with van der Waals surface area (Å²) in [6.45, 7) is 10.7. The normalized spacial score (nSPS) is 12.7. The summed E-state index contributed by atoms with van der Waals surface area (Å²) in [5, 5.41) is 0.962. The summed E-state index contributed by atoms with van der Waals surface area (Å²) in [5.74, 6) is 5.16. The summed E-state index contributed by atoms with van der Waals surface area (Å²) in [6, 6.07) is 4.30. The minimum absolute atomic E-state index is 0.235. The summed E-state index contributed by atoms with van der Waals surface area (Å²) >= 11 is 0. The van der Waals surface area contributed by atoms with Crippen LogP contribution in [-0.2, 0) is 5.75 Å². The minimum Gasteiger partial charge on any atom is -0.333 e. The Balaban J connectivity index is 1.93. The van der Waals surface area contributed by atoms with Gasteiger partial charge in [0.15, 0.2) is 5.16 Å². The largest absolute Gasteiger partial charge is 0.333 e. The maximum Gasteiger partial charge on any atom is 0.160 e. The summed E-state index contributed by atoms with van der Waals surface area (Å²) in [7, 11) is -0.235. The highest BCUT2D eigenvalue weighted by molar-refractivity contribution is 8.13. The van der Waals surface area contributed by atoms with E-state index in [4.69, 9.17) is 4.98 Å². The van der Waals surface area contributed by atoms with Gasteiger partial charge < -0.3 is 4.98 Å².